The number of aryl methyl sites for hydroxylation is 1. The average molecular weight is 300 g/mol. The number of nitrogens with one attached hydrogen (secondary N) is 1. The third-order valence-corrected chi connectivity index (χ3v) is 4.03. The molecule has 3 nitrogen and oxygen atoms in total. The maximum Gasteiger partial charge on any atom is 0.321 e. The summed E-state index contributed by atoms with van der Waals surface area (Å²) >= 11 is 0. The van der Waals surface area contributed by atoms with Gasteiger partial charge in [-0.25, -0.2) is 4.79 Å². The summed E-state index contributed by atoms with van der Waals surface area (Å²) in [7, 11) is 0. The summed E-state index contributed by atoms with van der Waals surface area (Å²) in [6.45, 7) is 7.84. The fourth-order valence-corrected chi connectivity index (χ4v) is 2.85. The molecule has 3 heteroatoms. The first-order valence-corrected chi connectivity index (χ1v) is 8.30. The first-order valence-electron chi connectivity index (χ1n) is 8.30. The predicted molar refractivity (Wildman–Crippen MR) is 96.6 cm³/mol. The van der Waals surface area contributed by atoms with E-state index in [1.54, 1.807) is 0 Å². The SMILES string of the molecule is CC.Cc1ccc(NC(=O)N2CCCCC2)c2ccccc12.[HH]. The first-order chi connectivity index (χ1) is 10.8. The minimum Gasteiger partial charge on any atom is -0.325 e. The highest BCUT2D eigenvalue weighted by Crippen LogP contribution is 2.26. The van der Waals surface area contributed by atoms with E-state index >= 15 is 0 Å². The van der Waals surface area contributed by atoms with E-state index in [0.717, 1.165) is 37.0 Å². The molecule has 0 unspecified atom stereocenters. The number of carbonyl (C=O) groups excluding carboxylic acids is 1. The largest absolute Gasteiger partial charge is 0.325 e. The maximum absolute atomic E-state index is 12.3. The van der Waals surface area contributed by atoms with Crippen molar-refractivity contribution in [2.75, 3.05) is 18.4 Å². The topological polar surface area (TPSA) is 32.3 Å². The van der Waals surface area contributed by atoms with E-state index in [4.69, 9.17) is 0 Å². The second kappa shape index (κ2) is 7.83. The molecular weight excluding hydrogens is 272 g/mol. The third-order valence-electron chi connectivity index (χ3n) is 4.03. The summed E-state index contributed by atoms with van der Waals surface area (Å²) in [5, 5.41) is 5.38. The van der Waals surface area contributed by atoms with Gasteiger partial charge in [-0.15, -0.1) is 0 Å². The number of fused-ring (bicyclic) bond motifs is 1. The summed E-state index contributed by atoms with van der Waals surface area (Å²) in [5.41, 5.74) is 2.14. The number of carbonyl (C=O) groups is 1. The Labute approximate surface area is 134 Å². The van der Waals surface area contributed by atoms with Gasteiger partial charge >= 0.3 is 6.03 Å². The van der Waals surface area contributed by atoms with Gasteiger partial charge < -0.3 is 10.2 Å². The van der Waals surface area contributed by atoms with Gasteiger partial charge in [-0.3, -0.25) is 0 Å². The molecular formula is C19H28N2O. The molecule has 1 aliphatic rings. The molecule has 0 spiro atoms. The van der Waals surface area contributed by atoms with Crippen LogP contribution in [0.2, 0.25) is 0 Å². The van der Waals surface area contributed by atoms with E-state index in [1.165, 1.54) is 17.4 Å². The summed E-state index contributed by atoms with van der Waals surface area (Å²) < 4.78 is 0. The molecule has 2 amide bonds. The van der Waals surface area contributed by atoms with Crippen LogP contribution in [0.3, 0.4) is 0 Å². The molecule has 120 valence electrons. The Hall–Kier alpha value is -2.03. The quantitative estimate of drug-likeness (QED) is 0.747. The van der Waals surface area contributed by atoms with Gasteiger partial charge in [-0.1, -0.05) is 44.2 Å². The monoisotopic (exact) mass is 300 g/mol. The van der Waals surface area contributed by atoms with Crippen molar-refractivity contribution in [2.45, 2.75) is 40.0 Å². The maximum atomic E-state index is 12.3. The highest BCUT2D eigenvalue weighted by molar-refractivity contribution is 6.02. The number of piperidine rings is 1. The summed E-state index contributed by atoms with van der Waals surface area (Å²) in [5.74, 6) is 0. The van der Waals surface area contributed by atoms with Crippen LogP contribution in [0.5, 0.6) is 0 Å². The van der Waals surface area contributed by atoms with Crippen molar-refractivity contribution in [3.63, 3.8) is 0 Å². The number of rotatable bonds is 1. The van der Waals surface area contributed by atoms with Crippen molar-refractivity contribution in [2.24, 2.45) is 0 Å². The van der Waals surface area contributed by atoms with Crippen molar-refractivity contribution in [3.8, 4) is 0 Å². The molecule has 0 bridgehead atoms. The van der Waals surface area contributed by atoms with E-state index in [1.807, 2.05) is 36.9 Å². The van der Waals surface area contributed by atoms with Gasteiger partial charge in [0, 0.05) is 19.9 Å². The van der Waals surface area contributed by atoms with E-state index in [9.17, 15) is 4.79 Å². The standard InChI is InChI=1S/C17H20N2O.C2H6.H2/c1-13-9-10-16(15-8-4-3-7-14(13)15)18-17(20)19-11-5-2-6-12-19;1-2;/h3-4,7-10H,2,5-6,11-12H2,1H3,(H,18,20);1-2H3;1H. The fraction of sp³-hybridized carbons (Fsp3) is 0.421. The normalized spacial score (nSPS) is 14.2. The summed E-state index contributed by atoms with van der Waals surface area (Å²) in [6, 6.07) is 12.3. The number of urea groups is 1. The van der Waals surface area contributed by atoms with Crippen LogP contribution in [-0.2, 0) is 0 Å². The molecule has 1 fully saturated rings. The van der Waals surface area contributed by atoms with Crippen LogP contribution in [0.25, 0.3) is 10.8 Å². The first kappa shape index (κ1) is 16.3. The Bertz CT molecular complexity index is 636. The van der Waals surface area contributed by atoms with Crippen LogP contribution in [-0.4, -0.2) is 24.0 Å². The second-order valence-corrected chi connectivity index (χ2v) is 5.45. The van der Waals surface area contributed by atoms with Crippen molar-refractivity contribution in [3.05, 3.63) is 42.0 Å². The zero-order valence-corrected chi connectivity index (χ0v) is 13.9. The Balaban J connectivity index is 0.000000849. The molecule has 1 aliphatic heterocycles. The van der Waals surface area contributed by atoms with Gasteiger partial charge in [0.1, 0.15) is 0 Å². The number of amides is 2. The number of hydrogen-bond acceptors (Lipinski definition) is 1. The van der Waals surface area contributed by atoms with E-state index < -0.39 is 0 Å². The van der Waals surface area contributed by atoms with E-state index in [-0.39, 0.29) is 7.46 Å². The molecule has 1 heterocycles. The van der Waals surface area contributed by atoms with Crippen molar-refractivity contribution >= 4 is 22.5 Å². The van der Waals surface area contributed by atoms with E-state index in [0.29, 0.717) is 0 Å². The Morgan fingerprint density at radius 2 is 1.64 bits per heavy atom. The number of nitrogens with zero attached hydrogens (tertiary/aromatic N) is 1. The lowest BCUT2D eigenvalue weighted by atomic mass is 10.0. The van der Waals surface area contributed by atoms with Gasteiger partial charge in [0.15, 0.2) is 0 Å². The number of hydrogen-bond donors (Lipinski definition) is 1. The van der Waals surface area contributed by atoms with Crippen LogP contribution in [0.1, 0.15) is 40.1 Å². The number of anilines is 1. The number of benzene rings is 2. The van der Waals surface area contributed by atoms with Crippen LogP contribution in [0, 0.1) is 6.92 Å². The number of likely N-dealkylation sites (tertiary alicyclic amines) is 1. The van der Waals surface area contributed by atoms with Gasteiger partial charge in [0.2, 0.25) is 0 Å². The third kappa shape index (κ3) is 3.59. The zero-order chi connectivity index (χ0) is 15.9. The molecule has 0 aromatic heterocycles. The highest BCUT2D eigenvalue weighted by Gasteiger charge is 2.17. The fourth-order valence-electron chi connectivity index (χ4n) is 2.85. The lowest BCUT2D eigenvalue weighted by Gasteiger charge is -2.27. The molecule has 2 aromatic carbocycles. The summed E-state index contributed by atoms with van der Waals surface area (Å²) in [4.78, 5) is 14.2. The molecule has 1 saturated heterocycles. The van der Waals surface area contributed by atoms with Gasteiger partial charge in [-0.2, -0.15) is 0 Å². The molecule has 0 aliphatic carbocycles. The van der Waals surface area contributed by atoms with Crippen LogP contribution < -0.4 is 5.32 Å². The van der Waals surface area contributed by atoms with Gasteiger partial charge in [0.25, 0.3) is 0 Å². The molecule has 22 heavy (non-hydrogen) atoms. The lowest BCUT2D eigenvalue weighted by molar-refractivity contribution is 0.200. The second-order valence-electron chi connectivity index (χ2n) is 5.45. The van der Waals surface area contributed by atoms with Gasteiger partial charge in [-0.05, 0) is 43.2 Å². The highest BCUT2D eigenvalue weighted by atomic mass is 16.2. The van der Waals surface area contributed by atoms with Crippen molar-refractivity contribution in [1.82, 2.24) is 4.90 Å². The Morgan fingerprint density at radius 1 is 1.00 bits per heavy atom. The summed E-state index contributed by atoms with van der Waals surface area (Å²) in [6.07, 6.45) is 3.46. The molecule has 3 rings (SSSR count). The van der Waals surface area contributed by atoms with Crippen LogP contribution >= 0.6 is 0 Å². The average Bonchev–Trinajstić information content (AvgIpc) is 2.60. The van der Waals surface area contributed by atoms with Crippen molar-refractivity contribution in [1.29, 1.82) is 0 Å². The smallest absolute Gasteiger partial charge is 0.321 e. The minimum atomic E-state index is 0. The van der Waals surface area contributed by atoms with Crippen LogP contribution in [0.4, 0.5) is 10.5 Å². The molecule has 0 saturated carbocycles. The Kier molecular flexibility index (Phi) is 5.82. The van der Waals surface area contributed by atoms with E-state index in [2.05, 4.69) is 30.4 Å². The molecule has 1 N–H and O–H groups in total. The molecule has 0 atom stereocenters. The zero-order valence-electron chi connectivity index (χ0n) is 13.9. The van der Waals surface area contributed by atoms with Gasteiger partial charge in [0.05, 0.1) is 5.69 Å². The van der Waals surface area contributed by atoms with Crippen molar-refractivity contribution < 1.29 is 6.22 Å². The van der Waals surface area contributed by atoms with Crippen LogP contribution in [0.15, 0.2) is 36.4 Å². The molecule has 0 radical (unpaired) electrons. The predicted octanol–water partition coefficient (Wildman–Crippen LogP) is 5.44. The molecule has 2 aromatic rings. The lowest BCUT2D eigenvalue weighted by Crippen LogP contribution is -2.38. The minimum absolute atomic E-state index is 0. The Morgan fingerprint density at radius 3 is 2.32 bits per heavy atom.